The Balaban J connectivity index is 1.42. The highest BCUT2D eigenvalue weighted by Gasteiger charge is 2.46. The second kappa shape index (κ2) is 11.6. The van der Waals surface area contributed by atoms with E-state index >= 15 is 0 Å². The number of hydrogen-bond donors (Lipinski definition) is 3. The van der Waals surface area contributed by atoms with Crippen molar-refractivity contribution in [3.63, 3.8) is 0 Å². The Morgan fingerprint density at radius 3 is 2.55 bits per heavy atom. The molecule has 3 heterocycles. The third-order valence-corrected chi connectivity index (χ3v) is 8.45. The van der Waals surface area contributed by atoms with Crippen molar-refractivity contribution in [2.24, 2.45) is 5.41 Å². The molecule has 5 rings (SSSR count). The molecule has 4 N–H and O–H groups in total. The van der Waals surface area contributed by atoms with E-state index in [1.54, 1.807) is 6.07 Å². The molecule has 42 heavy (non-hydrogen) atoms. The molecule has 0 unspecified atom stereocenters. The summed E-state index contributed by atoms with van der Waals surface area (Å²) < 4.78 is 49.4. The lowest BCUT2D eigenvalue weighted by molar-refractivity contribution is -0.198. The second-order valence-corrected chi connectivity index (χ2v) is 11.9. The van der Waals surface area contributed by atoms with Gasteiger partial charge in [0.05, 0.1) is 0 Å². The SMILES string of the molecule is CC(C)c1cccc(-c2cc(Cl)ccc2[C@@H](Oc2cc(N3CCC4(CC3)CN[C@H](C(=O)O)C4)nc(N)n2)C(F)(F)F)c1. The number of carboxylic acids is 1. The third-order valence-electron chi connectivity index (χ3n) is 8.21. The van der Waals surface area contributed by atoms with E-state index in [0.29, 0.717) is 60.9 Å². The number of nitrogens with zero attached hydrogens (tertiary/aromatic N) is 3. The van der Waals surface area contributed by atoms with Gasteiger partial charge in [0.15, 0.2) is 0 Å². The van der Waals surface area contributed by atoms with Gasteiger partial charge < -0.3 is 25.8 Å². The first-order valence-corrected chi connectivity index (χ1v) is 14.2. The summed E-state index contributed by atoms with van der Waals surface area (Å²) in [6.45, 7) is 5.71. The molecule has 2 atom stereocenters. The van der Waals surface area contributed by atoms with Crippen LogP contribution in [-0.2, 0) is 4.79 Å². The van der Waals surface area contributed by atoms with Gasteiger partial charge in [-0.25, -0.2) is 0 Å². The zero-order valence-corrected chi connectivity index (χ0v) is 24.0. The quantitative estimate of drug-likeness (QED) is 0.292. The molecule has 2 fully saturated rings. The van der Waals surface area contributed by atoms with Crippen LogP contribution in [0.5, 0.6) is 5.88 Å². The normalized spacial score (nSPS) is 19.3. The van der Waals surface area contributed by atoms with E-state index in [1.807, 2.05) is 36.9 Å². The number of rotatable bonds is 7. The van der Waals surface area contributed by atoms with Gasteiger partial charge in [-0.2, -0.15) is 23.1 Å². The lowest BCUT2D eigenvalue weighted by Gasteiger charge is -2.39. The van der Waals surface area contributed by atoms with Gasteiger partial charge in [-0.3, -0.25) is 4.79 Å². The average Bonchev–Trinajstić information content (AvgIpc) is 3.35. The van der Waals surface area contributed by atoms with Gasteiger partial charge in [0.25, 0.3) is 0 Å². The summed E-state index contributed by atoms with van der Waals surface area (Å²) in [4.78, 5) is 21.6. The van der Waals surface area contributed by atoms with Crippen molar-refractivity contribution < 1.29 is 27.8 Å². The Labute approximate surface area is 247 Å². The van der Waals surface area contributed by atoms with Crippen molar-refractivity contribution in [3.05, 3.63) is 64.7 Å². The Bertz CT molecular complexity index is 1460. The van der Waals surface area contributed by atoms with Crippen LogP contribution in [0, 0.1) is 5.41 Å². The molecule has 1 spiro atoms. The summed E-state index contributed by atoms with van der Waals surface area (Å²) in [5.74, 6) is -0.841. The number of benzene rings is 2. The fourth-order valence-electron chi connectivity index (χ4n) is 5.84. The number of aliphatic carboxylic acids is 1. The Hall–Kier alpha value is -3.57. The Kier molecular flexibility index (Phi) is 8.26. The van der Waals surface area contributed by atoms with Crippen molar-refractivity contribution in [1.82, 2.24) is 15.3 Å². The van der Waals surface area contributed by atoms with Crippen LogP contribution in [-0.4, -0.2) is 52.9 Å². The first kappa shape index (κ1) is 29.9. The van der Waals surface area contributed by atoms with Gasteiger partial charge in [-0.1, -0.05) is 55.8 Å². The van der Waals surface area contributed by atoms with E-state index in [2.05, 4.69) is 15.3 Å². The van der Waals surface area contributed by atoms with Crippen LogP contribution in [0.1, 0.15) is 56.3 Å². The highest BCUT2D eigenvalue weighted by atomic mass is 35.5. The third kappa shape index (κ3) is 6.42. The summed E-state index contributed by atoms with van der Waals surface area (Å²) in [6, 6.07) is 12.4. The first-order valence-electron chi connectivity index (χ1n) is 13.8. The molecule has 2 aromatic carbocycles. The number of hydrogen-bond acceptors (Lipinski definition) is 7. The maximum Gasteiger partial charge on any atom is 0.429 e. The molecule has 0 saturated carbocycles. The molecule has 0 bridgehead atoms. The van der Waals surface area contributed by atoms with Crippen LogP contribution in [0.3, 0.4) is 0 Å². The van der Waals surface area contributed by atoms with Crippen LogP contribution in [0.2, 0.25) is 5.02 Å². The maximum absolute atomic E-state index is 14.6. The van der Waals surface area contributed by atoms with Crippen LogP contribution in [0.15, 0.2) is 48.5 Å². The standard InChI is InChI=1S/C30H33ClF3N5O3/c1-17(2)18-4-3-5-19(12-18)22-13-20(31)6-7-21(22)26(30(32,33)34)42-25-14-24(37-28(35)38-25)39-10-8-29(9-11-39)15-23(27(40)41)36-16-29/h3-7,12-14,17,23,26,36H,8-11,15-16H2,1-2H3,(H,40,41)(H2,35,37,38)/t23-,26+/m0/s1. The average molecular weight is 604 g/mol. The predicted octanol–water partition coefficient (Wildman–Crippen LogP) is 6.22. The summed E-state index contributed by atoms with van der Waals surface area (Å²) in [7, 11) is 0. The second-order valence-electron chi connectivity index (χ2n) is 11.4. The van der Waals surface area contributed by atoms with Crippen molar-refractivity contribution in [2.45, 2.75) is 57.3 Å². The minimum atomic E-state index is -4.79. The molecule has 8 nitrogen and oxygen atoms in total. The van der Waals surface area contributed by atoms with Gasteiger partial charge in [-0.05, 0) is 59.4 Å². The van der Waals surface area contributed by atoms with Crippen molar-refractivity contribution in [2.75, 3.05) is 30.3 Å². The lowest BCUT2D eigenvalue weighted by Crippen LogP contribution is -2.41. The van der Waals surface area contributed by atoms with Crippen LogP contribution >= 0.6 is 11.6 Å². The number of nitrogens with one attached hydrogen (secondary N) is 1. The minimum Gasteiger partial charge on any atom is -0.480 e. The molecule has 0 radical (unpaired) electrons. The van der Waals surface area contributed by atoms with E-state index in [-0.39, 0.29) is 28.7 Å². The zero-order valence-electron chi connectivity index (χ0n) is 23.3. The number of ether oxygens (including phenoxy) is 1. The monoisotopic (exact) mass is 603 g/mol. The van der Waals surface area contributed by atoms with Gasteiger partial charge >= 0.3 is 12.1 Å². The lowest BCUT2D eigenvalue weighted by atomic mass is 9.76. The van der Waals surface area contributed by atoms with Gasteiger partial charge in [0, 0.05) is 36.3 Å². The Morgan fingerprint density at radius 2 is 1.90 bits per heavy atom. The van der Waals surface area contributed by atoms with E-state index in [9.17, 15) is 23.1 Å². The highest BCUT2D eigenvalue weighted by molar-refractivity contribution is 6.30. The van der Waals surface area contributed by atoms with Gasteiger partial charge in [0.2, 0.25) is 17.9 Å². The number of piperidine rings is 1. The molecule has 0 amide bonds. The number of nitrogens with two attached hydrogens (primary N) is 1. The fourth-order valence-corrected chi connectivity index (χ4v) is 6.01. The number of carboxylic acid groups (broad SMARTS) is 1. The number of halogens is 4. The smallest absolute Gasteiger partial charge is 0.429 e. The number of anilines is 2. The largest absolute Gasteiger partial charge is 0.480 e. The predicted molar refractivity (Wildman–Crippen MR) is 155 cm³/mol. The molecule has 3 aromatic rings. The van der Waals surface area contributed by atoms with Crippen molar-refractivity contribution >= 4 is 29.3 Å². The van der Waals surface area contributed by atoms with Gasteiger partial charge in [-0.15, -0.1) is 0 Å². The van der Waals surface area contributed by atoms with E-state index in [4.69, 9.17) is 22.1 Å². The zero-order chi connectivity index (χ0) is 30.2. The molecule has 2 aliphatic heterocycles. The molecular weight excluding hydrogens is 571 g/mol. The fraction of sp³-hybridized carbons (Fsp3) is 0.433. The number of carbonyl (C=O) groups is 1. The number of nitrogen functional groups attached to an aromatic ring is 1. The molecule has 224 valence electrons. The van der Waals surface area contributed by atoms with Gasteiger partial charge in [0.1, 0.15) is 11.9 Å². The molecule has 1 aromatic heterocycles. The highest BCUT2D eigenvalue weighted by Crippen LogP contribution is 2.43. The van der Waals surface area contributed by atoms with Crippen LogP contribution < -0.4 is 20.7 Å². The van der Waals surface area contributed by atoms with Crippen LogP contribution in [0.25, 0.3) is 11.1 Å². The molecule has 2 saturated heterocycles. The first-order chi connectivity index (χ1) is 19.8. The summed E-state index contributed by atoms with van der Waals surface area (Å²) in [5.41, 5.74) is 7.57. The number of alkyl halides is 3. The summed E-state index contributed by atoms with van der Waals surface area (Å²) >= 11 is 6.25. The molecule has 0 aliphatic carbocycles. The molecular formula is C30H33ClF3N5O3. The van der Waals surface area contributed by atoms with E-state index < -0.39 is 24.3 Å². The minimum absolute atomic E-state index is 0.104. The van der Waals surface area contributed by atoms with Crippen LogP contribution in [0.4, 0.5) is 24.9 Å². The summed E-state index contributed by atoms with van der Waals surface area (Å²) in [6.07, 6.45) is -5.19. The van der Waals surface area contributed by atoms with E-state index in [1.165, 1.54) is 24.3 Å². The van der Waals surface area contributed by atoms with Crippen molar-refractivity contribution in [3.8, 4) is 17.0 Å². The number of aromatic nitrogens is 2. The van der Waals surface area contributed by atoms with Crippen molar-refractivity contribution in [1.29, 1.82) is 0 Å². The topological polar surface area (TPSA) is 114 Å². The van der Waals surface area contributed by atoms with E-state index in [0.717, 1.165) is 5.56 Å². The summed E-state index contributed by atoms with van der Waals surface area (Å²) in [5, 5.41) is 12.7. The molecule has 12 heteroatoms. The maximum atomic E-state index is 14.6. The Morgan fingerprint density at radius 1 is 1.17 bits per heavy atom. The molecule has 2 aliphatic rings.